The fraction of sp³-hybridized carbons (Fsp3) is 0.382. The van der Waals surface area contributed by atoms with Gasteiger partial charge in [-0.2, -0.15) is 0 Å². The number of rotatable bonds is 6. The van der Waals surface area contributed by atoms with Crippen LogP contribution in [-0.2, 0) is 16.6 Å². The lowest BCUT2D eigenvalue weighted by Crippen LogP contribution is -2.63. The predicted octanol–water partition coefficient (Wildman–Crippen LogP) is 6.30. The van der Waals surface area contributed by atoms with Gasteiger partial charge in [0, 0.05) is 60.8 Å². The van der Waals surface area contributed by atoms with Crippen molar-refractivity contribution in [2.75, 3.05) is 30.8 Å². The molecule has 0 aliphatic carbocycles. The van der Waals surface area contributed by atoms with Crippen molar-refractivity contribution in [3.8, 4) is 11.1 Å². The summed E-state index contributed by atoms with van der Waals surface area (Å²) in [4.78, 5) is 53.4. The van der Waals surface area contributed by atoms with E-state index in [1.54, 1.807) is 30.7 Å². The maximum Gasteiger partial charge on any atom is 0.324 e. The first kappa shape index (κ1) is 31.1. The molecule has 0 saturated carbocycles. The second kappa shape index (κ2) is 12.0. The first-order valence-electron chi connectivity index (χ1n) is 14.8. The second-order valence-electron chi connectivity index (χ2n) is 12.9. The highest BCUT2D eigenvalue weighted by Gasteiger charge is 2.44. The number of urea groups is 1. The Kier molecular flexibility index (Phi) is 8.49. The van der Waals surface area contributed by atoms with Gasteiger partial charge in [0.15, 0.2) is 0 Å². The van der Waals surface area contributed by atoms with Crippen molar-refractivity contribution >= 4 is 46.1 Å². The van der Waals surface area contributed by atoms with Gasteiger partial charge < -0.3 is 15.1 Å². The van der Waals surface area contributed by atoms with Crippen molar-refractivity contribution in [2.45, 2.75) is 65.0 Å². The molecular weight excluding hydrogens is 572 g/mol. The lowest BCUT2D eigenvalue weighted by Gasteiger charge is -2.44. The van der Waals surface area contributed by atoms with E-state index in [1.807, 2.05) is 61.8 Å². The third kappa shape index (κ3) is 6.45. The first-order valence-corrected chi connectivity index (χ1v) is 15.6. The molecule has 5 rings (SSSR count). The Morgan fingerprint density at radius 2 is 1.86 bits per heavy atom. The van der Waals surface area contributed by atoms with Crippen molar-refractivity contribution < 1.29 is 14.4 Å². The molecule has 230 valence electrons. The molecular formula is C34H40N6O3S. The van der Waals surface area contributed by atoms with Crippen LogP contribution in [0.1, 0.15) is 61.1 Å². The minimum atomic E-state index is -1.000. The minimum Gasteiger partial charge on any atom is -0.342 e. The summed E-state index contributed by atoms with van der Waals surface area (Å²) in [5.74, 6) is -0.390. The van der Waals surface area contributed by atoms with E-state index >= 15 is 0 Å². The van der Waals surface area contributed by atoms with Crippen LogP contribution in [0.25, 0.3) is 11.1 Å². The number of nitrogens with one attached hydrogen (secondary N) is 2. The number of likely N-dealkylation sites (N-methyl/N-ethyl adjacent to an activating group) is 1. The Labute approximate surface area is 263 Å². The van der Waals surface area contributed by atoms with Gasteiger partial charge >= 0.3 is 6.03 Å². The Bertz CT molecular complexity index is 1640. The SMILES string of the molecule is Cc1ccc(NC(=O)Nc2sc(C(C)(C)C)cc2C(=O)N2CCN(C)C(=O)C2(C)C)cc1-c1ccc(CC2C=CC=N2)nc1. The van der Waals surface area contributed by atoms with Gasteiger partial charge in [-0.25, -0.2) is 4.79 Å². The molecule has 0 radical (unpaired) electrons. The standard InChI is InChI=1S/C34H40N6O3S/c1-21-10-12-25(18-26(21)22-11-13-24(36-20-22)17-23-9-8-14-35-23)37-32(43)38-29-27(19-28(44-29)33(2,3)4)30(41)40-16-15-39(7)31(42)34(40,5)6/h8-14,18-20,23H,15-17H2,1-7H3,(H2,37,38,43). The molecule has 0 bridgehead atoms. The summed E-state index contributed by atoms with van der Waals surface area (Å²) in [5.41, 5.74) is 3.70. The molecule has 2 aromatic heterocycles. The molecule has 44 heavy (non-hydrogen) atoms. The Morgan fingerprint density at radius 1 is 1.09 bits per heavy atom. The summed E-state index contributed by atoms with van der Waals surface area (Å²) < 4.78 is 0. The van der Waals surface area contributed by atoms with Gasteiger partial charge in [0.2, 0.25) is 5.91 Å². The van der Waals surface area contributed by atoms with Crippen LogP contribution in [0.15, 0.2) is 59.7 Å². The molecule has 1 unspecified atom stereocenters. The Balaban J connectivity index is 1.35. The van der Waals surface area contributed by atoms with Crippen molar-refractivity contribution in [1.82, 2.24) is 14.8 Å². The fourth-order valence-corrected chi connectivity index (χ4v) is 6.53. The van der Waals surface area contributed by atoms with E-state index in [0.717, 1.165) is 33.7 Å². The number of pyridine rings is 1. The number of amides is 4. The van der Waals surface area contributed by atoms with E-state index in [2.05, 4.69) is 47.5 Å². The molecule has 1 fully saturated rings. The minimum absolute atomic E-state index is 0.115. The van der Waals surface area contributed by atoms with Crippen LogP contribution in [0, 0.1) is 6.92 Å². The highest BCUT2D eigenvalue weighted by molar-refractivity contribution is 7.16. The van der Waals surface area contributed by atoms with Crippen LogP contribution < -0.4 is 10.6 Å². The summed E-state index contributed by atoms with van der Waals surface area (Å²) in [7, 11) is 1.75. The maximum atomic E-state index is 13.9. The van der Waals surface area contributed by atoms with Gasteiger partial charge in [-0.3, -0.25) is 24.9 Å². The number of thiophene rings is 1. The zero-order valence-electron chi connectivity index (χ0n) is 26.4. The van der Waals surface area contributed by atoms with E-state index in [9.17, 15) is 14.4 Å². The van der Waals surface area contributed by atoms with Crippen molar-refractivity contribution in [3.05, 3.63) is 76.4 Å². The van der Waals surface area contributed by atoms with Crippen molar-refractivity contribution in [2.24, 2.45) is 4.99 Å². The molecule has 3 aromatic rings. The van der Waals surface area contributed by atoms with Gasteiger partial charge in [0.25, 0.3) is 5.91 Å². The molecule has 2 aliphatic rings. The number of aliphatic imine (C=N–C) groups is 1. The molecule has 10 heteroatoms. The van der Waals surface area contributed by atoms with Crippen LogP contribution in [0.4, 0.5) is 15.5 Å². The molecule has 1 saturated heterocycles. The maximum absolute atomic E-state index is 13.9. The van der Waals surface area contributed by atoms with Gasteiger partial charge in [-0.15, -0.1) is 11.3 Å². The van der Waals surface area contributed by atoms with Crippen molar-refractivity contribution in [1.29, 1.82) is 0 Å². The zero-order chi connectivity index (χ0) is 31.8. The average Bonchev–Trinajstić information content (AvgIpc) is 3.63. The number of benzene rings is 1. The Morgan fingerprint density at radius 3 is 2.52 bits per heavy atom. The van der Waals surface area contributed by atoms with Gasteiger partial charge in [-0.05, 0) is 67.7 Å². The normalized spacial score (nSPS) is 17.7. The fourth-order valence-electron chi connectivity index (χ4n) is 5.43. The topological polar surface area (TPSA) is 107 Å². The molecule has 9 nitrogen and oxygen atoms in total. The molecule has 1 aromatic carbocycles. The third-order valence-electron chi connectivity index (χ3n) is 8.12. The number of hydrogen-bond donors (Lipinski definition) is 2. The van der Waals surface area contributed by atoms with Crippen LogP contribution in [0.3, 0.4) is 0 Å². The highest BCUT2D eigenvalue weighted by atomic mass is 32.1. The summed E-state index contributed by atoms with van der Waals surface area (Å²) in [5, 5.41) is 6.32. The third-order valence-corrected chi connectivity index (χ3v) is 9.60. The molecule has 1 atom stereocenters. The lowest BCUT2D eigenvalue weighted by atomic mass is 9.93. The number of allylic oxidation sites excluding steroid dienone is 1. The summed E-state index contributed by atoms with van der Waals surface area (Å²) >= 11 is 1.38. The molecule has 4 amide bonds. The molecule has 2 aliphatic heterocycles. The lowest BCUT2D eigenvalue weighted by molar-refractivity contribution is -0.144. The van der Waals surface area contributed by atoms with E-state index in [1.165, 1.54) is 11.3 Å². The van der Waals surface area contributed by atoms with Crippen LogP contribution in [0.2, 0.25) is 0 Å². The summed E-state index contributed by atoms with van der Waals surface area (Å²) in [6.07, 6.45) is 8.43. The Hall–Kier alpha value is -4.31. The van der Waals surface area contributed by atoms with E-state index in [4.69, 9.17) is 0 Å². The number of piperazine rings is 1. The van der Waals surface area contributed by atoms with Crippen molar-refractivity contribution in [3.63, 3.8) is 0 Å². The number of anilines is 2. The first-order chi connectivity index (χ1) is 20.7. The number of carbonyl (C=O) groups excluding carboxylic acids is 3. The summed E-state index contributed by atoms with van der Waals surface area (Å²) in [6, 6.07) is 11.3. The van der Waals surface area contributed by atoms with E-state index in [0.29, 0.717) is 29.3 Å². The number of aromatic nitrogens is 1. The van der Waals surface area contributed by atoms with E-state index in [-0.39, 0.29) is 23.3 Å². The van der Waals surface area contributed by atoms with Crippen LogP contribution in [0.5, 0.6) is 0 Å². The van der Waals surface area contributed by atoms with Crippen LogP contribution in [-0.4, -0.2) is 70.6 Å². The largest absolute Gasteiger partial charge is 0.342 e. The molecule has 4 heterocycles. The monoisotopic (exact) mass is 612 g/mol. The smallest absolute Gasteiger partial charge is 0.324 e. The quantitative estimate of drug-likeness (QED) is 0.341. The number of carbonyl (C=O) groups is 3. The molecule has 2 N–H and O–H groups in total. The van der Waals surface area contributed by atoms with Gasteiger partial charge in [0.1, 0.15) is 10.5 Å². The van der Waals surface area contributed by atoms with Gasteiger partial charge in [-0.1, -0.05) is 39.0 Å². The predicted molar refractivity (Wildman–Crippen MR) is 178 cm³/mol. The number of nitrogens with zero attached hydrogens (tertiary/aromatic N) is 4. The number of hydrogen-bond acceptors (Lipinski definition) is 6. The summed E-state index contributed by atoms with van der Waals surface area (Å²) in [6.45, 7) is 12.6. The van der Waals surface area contributed by atoms with Crippen LogP contribution >= 0.6 is 11.3 Å². The zero-order valence-corrected chi connectivity index (χ0v) is 27.2. The second-order valence-corrected chi connectivity index (χ2v) is 14.0. The highest BCUT2D eigenvalue weighted by Crippen LogP contribution is 2.38. The van der Waals surface area contributed by atoms with E-state index < -0.39 is 11.6 Å². The van der Waals surface area contributed by atoms with Gasteiger partial charge in [0.05, 0.1) is 11.6 Å². The number of aryl methyl sites for hydroxylation is 1. The molecule has 0 spiro atoms. The average molecular weight is 613 g/mol.